The van der Waals surface area contributed by atoms with Gasteiger partial charge in [-0.25, -0.2) is 0 Å². The third-order valence-corrected chi connectivity index (χ3v) is 4.90. The van der Waals surface area contributed by atoms with Crippen LogP contribution in [0.5, 0.6) is 0 Å². The Bertz CT molecular complexity index is 599. The molecule has 0 bridgehead atoms. The highest BCUT2D eigenvalue weighted by Gasteiger charge is 2.43. The molecular formula is C19H27N3O3. The van der Waals surface area contributed by atoms with Crippen LogP contribution in [0.1, 0.15) is 38.3 Å². The maximum atomic E-state index is 12.9. The van der Waals surface area contributed by atoms with Gasteiger partial charge in [0.1, 0.15) is 6.61 Å². The van der Waals surface area contributed by atoms with Gasteiger partial charge in [0.15, 0.2) is 6.10 Å². The van der Waals surface area contributed by atoms with Crippen LogP contribution in [0.15, 0.2) is 30.3 Å². The van der Waals surface area contributed by atoms with Gasteiger partial charge in [0.2, 0.25) is 5.91 Å². The number of morpholine rings is 1. The fourth-order valence-electron chi connectivity index (χ4n) is 3.69. The predicted molar refractivity (Wildman–Crippen MR) is 94.9 cm³/mol. The molecule has 0 aromatic heterocycles. The lowest BCUT2D eigenvalue weighted by molar-refractivity contribution is -0.167. The van der Waals surface area contributed by atoms with Gasteiger partial charge in [0.05, 0.1) is 6.04 Å². The summed E-state index contributed by atoms with van der Waals surface area (Å²) in [6.45, 7) is 5.72. The zero-order chi connectivity index (χ0) is 17.8. The van der Waals surface area contributed by atoms with E-state index in [0.29, 0.717) is 0 Å². The van der Waals surface area contributed by atoms with Crippen molar-refractivity contribution in [2.75, 3.05) is 19.7 Å². The van der Waals surface area contributed by atoms with Crippen LogP contribution in [0.25, 0.3) is 0 Å². The second kappa shape index (κ2) is 7.97. The zero-order valence-electron chi connectivity index (χ0n) is 14.9. The van der Waals surface area contributed by atoms with Crippen molar-refractivity contribution in [3.05, 3.63) is 35.9 Å². The first-order chi connectivity index (χ1) is 12.1. The number of carbonyl (C=O) groups is 2. The fraction of sp³-hybridized carbons (Fsp3) is 0.579. The largest absolute Gasteiger partial charge is 0.356 e. The van der Waals surface area contributed by atoms with Crippen LogP contribution in [0.2, 0.25) is 0 Å². The number of hydrogen-bond acceptors (Lipinski definition) is 4. The van der Waals surface area contributed by atoms with Crippen molar-refractivity contribution in [2.45, 2.75) is 50.9 Å². The van der Waals surface area contributed by atoms with Gasteiger partial charge in [-0.1, -0.05) is 30.3 Å². The summed E-state index contributed by atoms with van der Waals surface area (Å²) >= 11 is 0. The Morgan fingerprint density at radius 2 is 1.92 bits per heavy atom. The molecule has 1 aromatic rings. The summed E-state index contributed by atoms with van der Waals surface area (Å²) < 4.78 is 5.72. The second-order valence-corrected chi connectivity index (χ2v) is 7.01. The third-order valence-electron chi connectivity index (χ3n) is 4.90. The van der Waals surface area contributed by atoms with Gasteiger partial charge in [-0.05, 0) is 45.3 Å². The van der Waals surface area contributed by atoms with Gasteiger partial charge in [-0.15, -0.1) is 0 Å². The molecular weight excluding hydrogens is 318 g/mol. The van der Waals surface area contributed by atoms with Gasteiger partial charge >= 0.3 is 0 Å². The first-order valence-corrected chi connectivity index (χ1v) is 9.06. The summed E-state index contributed by atoms with van der Waals surface area (Å²) in [6.07, 6.45) is 1.15. The molecule has 2 fully saturated rings. The van der Waals surface area contributed by atoms with Crippen LogP contribution < -0.4 is 10.6 Å². The van der Waals surface area contributed by atoms with Crippen molar-refractivity contribution in [3.8, 4) is 0 Å². The number of piperidine rings is 1. The Balaban J connectivity index is 1.84. The van der Waals surface area contributed by atoms with E-state index >= 15 is 0 Å². The van der Waals surface area contributed by atoms with E-state index in [0.717, 1.165) is 31.5 Å². The summed E-state index contributed by atoms with van der Waals surface area (Å²) in [5.41, 5.74) is 0.926. The summed E-state index contributed by atoms with van der Waals surface area (Å²) in [7, 11) is 0. The van der Waals surface area contributed by atoms with E-state index in [1.54, 1.807) is 4.90 Å². The Kier molecular flexibility index (Phi) is 5.71. The Hall–Kier alpha value is -1.92. The Morgan fingerprint density at radius 3 is 2.56 bits per heavy atom. The van der Waals surface area contributed by atoms with Crippen molar-refractivity contribution in [2.24, 2.45) is 0 Å². The molecule has 136 valence electrons. The van der Waals surface area contributed by atoms with Gasteiger partial charge < -0.3 is 20.3 Å². The third kappa shape index (κ3) is 4.02. The van der Waals surface area contributed by atoms with Crippen LogP contribution in [0, 0.1) is 0 Å². The number of nitrogens with one attached hydrogen (secondary N) is 2. The maximum Gasteiger partial charge on any atom is 0.251 e. The fourth-order valence-corrected chi connectivity index (χ4v) is 3.69. The molecule has 6 heteroatoms. The lowest BCUT2D eigenvalue weighted by atomic mass is 9.95. The highest BCUT2D eigenvalue weighted by molar-refractivity contribution is 5.86. The smallest absolute Gasteiger partial charge is 0.251 e. The molecule has 2 aliphatic heterocycles. The van der Waals surface area contributed by atoms with Gasteiger partial charge in [-0.2, -0.15) is 0 Å². The number of benzene rings is 1. The van der Waals surface area contributed by atoms with E-state index in [1.165, 1.54) is 0 Å². The van der Waals surface area contributed by atoms with Crippen molar-refractivity contribution < 1.29 is 14.3 Å². The molecule has 0 spiro atoms. The number of carbonyl (C=O) groups excluding carboxylic acids is 2. The van der Waals surface area contributed by atoms with E-state index in [-0.39, 0.29) is 30.5 Å². The van der Waals surface area contributed by atoms with Crippen LogP contribution >= 0.6 is 0 Å². The summed E-state index contributed by atoms with van der Waals surface area (Å²) in [4.78, 5) is 27.2. The highest BCUT2D eigenvalue weighted by Crippen LogP contribution is 2.32. The number of rotatable bonds is 4. The summed E-state index contributed by atoms with van der Waals surface area (Å²) in [5, 5.41) is 6.42. The lowest BCUT2D eigenvalue weighted by Gasteiger charge is -2.43. The van der Waals surface area contributed by atoms with E-state index in [4.69, 9.17) is 4.74 Å². The number of nitrogens with zero attached hydrogens (tertiary/aromatic N) is 1. The first-order valence-electron chi connectivity index (χ1n) is 9.06. The molecule has 0 saturated carbocycles. The molecule has 0 aliphatic carbocycles. The van der Waals surface area contributed by atoms with Gasteiger partial charge in [0, 0.05) is 12.1 Å². The van der Waals surface area contributed by atoms with Crippen molar-refractivity contribution in [1.82, 2.24) is 15.5 Å². The van der Waals surface area contributed by atoms with Crippen LogP contribution in [-0.2, 0) is 14.3 Å². The summed E-state index contributed by atoms with van der Waals surface area (Å²) in [5.74, 6) is -0.200. The molecule has 1 aromatic carbocycles. The van der Waals surface area contributed by atoms with E-state index in [2.05, 4.69) is 10.6 Å². The minimum absolute atomic E-state index is 0.00390. The molecule has 2 amide bonds. The molecule has 2 N–H and O–H groups in total. The van der Waals surface area contributed by atoms with Crippen molar-refractivity contribution in [1.29, 1.82) is 0 Å². The van der Waals surface area contributed by atoms with Crippen LogP contribution in [0.4, 0.5) is 0 Å². The molecule has 6 nitrogen and oxygen atoms in total. The quantitative estimate of drug-likeness (QED) is 0.861. The Labute approximate surface area is 148 Å². The predicted octanol–water partition coefficient (Wildman–Crippen LogP) is 1.23. The summed E-state index contributed by atoms with van der Waals surface area (Å²) in [6, 6.07) is 9.45. The highest BCUT2D eigenvalue weighted by atomic mass is 16.5. The molecule has 2 unspecified atom stereocenters. The van der Waals surface area contributed by atoms with E-state index in [1.807, 2.05) is 44.2 Å². The number of amides is 2. The first kappa shape index (κ1) is 17.9. The average molecular weight is 345 g/mol. The molecule has 0 radical (unpaired) electrons. The molecule has 3 rings (SSSR count). The van der Waals surface area contributed by atoms with Crippen molar-refractivity contribution in [3.63, 3.8) is 0 Å². The molecule has 2 atom stereocenters. The number of ether oxygens (including phenoxy) is 1. The molecule has 2 saturated heterocycles. The molecule has 2 aliphatic rings. The minimum atomic E-state index is -0.683. The topological polar surface area (TPSA) is 70.7 Å². The van der Waals surface area contributed by atoms with Crippen molar-refractivity contribution >= 4 is 11.8 Å². The zero-order valence-corrected chi connectivity index (χ0v) is 14.9. The van der Waals surface area contributed by atoms with Gasteiger partial charge in [-0.3, -0.25) is 9.59 Å². The monoisotopic (exact) mass is 345 g/mol. The normalized spacial score (nSPS) is 25.2. The van der Waals surface area contributed by atoms with Crippen LogP contribution in [0.3, 0.4) is 0 Å². The second-order valence-electron chi connectivity index (χ2n) is 7.01. The SMILES string of the molecule is CC(C)N1C(=O)COC(C(=O)NC2CCNCC2)C1c1ccccc1. The average Bonchev–Trinajstić information content (AvgIpc) is 2.62. The van der Waals surface area contributed by atoms with Gasteiger partial charge in [0.25, 0.3) is 5.91 Å². The maximum absolute atomic E-state index is 12.9. The molecule has 25 heavy (non-hydrogen) atoms. The standard InChI is InChI=1S/C19H27N3O3/c1-13(2)22-16(23)12-25-18(17(22)14-6-4-3-5-7-14)19(24)21-15-8-10-20-11-9-15/h3-7,13,15,17-18,20H,8-12H2,1-2H3,(H,21,24). The lowest BCUT2D eigenvalue weighted by Crippen LogP contribution is -2.57. The van der Waals surface area contributed by atoms with E-state index in [9.17, 15) is 9.59 Å². The molecule has 2 heterocycles. The number of hydrogen-bond donors (Lipinski definition) is 2. The Morgan fingerprint density at radius 1 is 1.24 bits per heavy atom. The van der Waals surface area contributed by atoms with E-state index < -0.39 is 12.1 Å². The minimum Gasteiger partial charge on any atom is -0.356 e. The van der Waals surface area contributed by atoms with Crippen LogP contribution in [-0.4, -0.2) is 54.6 Å².